The van der Waals surface area contributed by atoms with Gasteiger partial charge in [0, 0.05) is 18.2 Å². The monoisotopic (exact) mass is 385 g/mol. The molecule has 1 saturated heterocycles. The average molecular weight is 385 g/mol. The van der Waals surface area contributed by atoms with Crippen LogP contribution in [0.25, 0.3) is 0 Å². The highest BCUT2D eigenvalue weighted by Crippen LogP contribution is 2.30. The molecule has 2 aromatic carbocycles. The lowest BCUT2D eigenvalue weighted by atomic mass is 10.0. The van der Waals surface area contributed by atoms with E-state index in [1.807, 2.05) is 7.05 Å². The molecule has 0 aliphatic carbocycles. The van der Waals surface area contributed by atoms with Crippen LogP contribution in [0.4, 0.5) is 5.69 Å². The van der Waals surface area contributed by atoms with Crippen molar-refractivity contribution < 1.29 is 19.2 Å². The van der Waals surface area contributed by atoms with Crippen molar-refractivity contribution in [1.29, 1.82) is 0 Å². The Hall–Kier alpha value is -3.13. The zero-order valence-corrected chi connectivity index (χ0v) is 15.9. The molecule has 3 rings (SSSR count). The van der Waals surface area contributed by atoms with Crippen molar-refractivity contribution in [2.45, 2.75) is 18.9 Å². The fourth-order valence-electron chi connectivity index (χ4n) is 3.08. The van der Waals surface area contributed by atoms with E-state index < -0.39 is 4.92 Å². The summed E-state index contributed by atoms with van der Waals surface area (Å²) in [6.45, 7) is 1.80. The molecule has 0 radical (unpaired) electrons. The maximum absolute atomic E-state index is 12.8. The van der Waals surface area contributed by atoms with Gasteiger partial charge in [0.05, 0.1) is 17.6 Å². The van der Waals surface area contributed by atoms with Crippen LogP contribution in [0.1, 0.15) is 23.2 Å². The predicted octanol–water partition coefficient (Wildman–Crippen LogP) is 3.22. The normalized spacial score (nSPS) is 15.1. The second-order valence-corrected chi connectivity index (χ2v) is 6.77. The number of benzene rings is 2. The molecule has 0 unspecified atom stereocenters. The minimum absolute atomic E-state index is 0.0387. The molecule has 1 aliphatic heterocycles. The van der Waals surface area contributed by atoms with Crippen LogP contribution in [-0.4, -0.2) is 49.0 Å². The Morgan fingerprint density at radius 2 is 1.79 bits per heavy atom. The fourth-order valence-corrected chi connectivity index (χ4v) is 3.08. The van der Waals surface area contributed by atoms with E-state index in [1.165, 1.54) is 18.2 Å². The largest absolute Gasteiger partial charge is 0.497 e. The zero-order chi connectivity index (χ0) is 20.1. The van der Waals surface area contributed by atoms with Gasteiger partial charge < -0.3 is 19.7 Å². The summed E-state index contributed by atoms with van der Waals surface area (Å²) in [5.41, 5.74) is -0.0143. The van der Waals surface area contributed by atoms with Crippen LogP contribution in [0.5, 0.6) is 17.2 Å². The number of piperidine rings is 1. The Morgan fingerprint density at radius 1 is 1.14 bits per heavy atom. The van der Waals surface area contributed by atoms with Gasteiger partial charge in [0.1, 0.15) is 17.2 Å². The number of hydrogen-bond acceptors (Lipinski definition) is 6. The molecule has 0 atom stereocenters. The molecule has 1 aliphatic rings. The van der Waals surface area contributed by atoms with Gasteiger partial charge in [0.2, 0.25) is 0 Å². The number of ether oxygens (including phenoxy) is 2. The Morgan fingerprint density at radius 3 is 2.39 bits per heavy atom. The van der Waals surface area contributed by atoms with Crippen molar-refractivity contribution >= 4 is 11.6 Å². The van der Waals surface area contributed by atoms with Crippen LogP contribution in [0.3, 0.4) is 0 Å². The standard InChI is InChI=1S/C20H23N3O5/c1-22-11-9-14(10-12-22)21-20(24)18-13-15(23(25)26)3-8-19(18)28-17-6-4-16(27-2)5-7-17/h3-8,13-14H,9-12H2,1-2H3,(H,21,24). The number of hydrogen-bond donors (Lipinski definition) is 1. The number of nitrogens with one attached hydrogen (secondary N) is 1. The first-order chi connectivity index (χ1) is 13.5. The second kappa shape index (κ2) is 8.71. The number of non-ortho nitro benzene ring substituents is 1. The van der Waals surface area contributed by atoms with Gasteiger partial charge in [0.25, 0.3) is 11.6 Å². The first-order valence-corrected chi connectivity index (χ1v) is 9.06. The summed E-state index contributed by atoms with van der Waals surface area (Å²) in [6.07, 6.45) is 1.68. The molecule has 0 spiro atoms. The molecule has 0 aromatic heterocycles. The summed E-state index contributed by atoms with van der Waals surface area (Å²) < 4.78 is 10.9. The van der Waals surface area contributed by atoms with E-state index in [2.05, 4.69) is 10.2 Å². The molecule has 2 aromatic rings. The topological polar surface area (TPSA) is 93.9 Å². The maximum Gasteiger partial charge on any atom is 0.270 e. The van der Waals surface area contributed by atoms with Crippen LogP contribution >= 0.6 is 0 Å². The van der Waals surface area contributed by atoms with Gasteiger partial charge in [-0.15, -0.1) is 0 Å². The first kappa shape index (κ1) is 19.6. The minimum Gasteiger partial charge on any atom is -0.497 e. The molecule has 1 heterocycles. The second-order valence-electron chi connectivity index (χ2n) is 6.77. The van der Waals surface area contributed by atoms with Gasteiger partial charge in [-0.3, -0.25) is 14.9 Å². The van der Waals surface area contributed by atoms with Gasteiger partial charge in [-0.25, -0.2) is 0 Å². The van der Waals surface area contributed by atoms with E-state index in [4.69, 9.17) is 9.47 Å². The zero-order valence-electron chi connectivity index (χ0n) is 15.9. The lowest BCUT2D eigenvalue weighted by Gasteiger charge is -2.29. The highest BCUT2D eigenvalue weighted by Gasteiger charge is 2.23. The number of likely N-dealkylation sites (tertiary alicyclic amines) is 1. The van der Waals surface area contributed by atoms with Gasteiger partial charge in [-0.05, 0) is 63.3 Å². The van der Waals surface area contributed by atoms with Gasteiger partial charge in [0.15, 0.2) is 0 Å². The summed E-state index contributed by atoms with van der Waals surface area (Å²) in [5.74, 6) is 1.07. The summed E-state index contributed by atoms with van der Waals surface area (Å²) >= 11 is 0. The van der Waals surface area contributed by atoms with Gasteiger partial charge in [-0.2, -0.15) is 0 Å². The van der Waals surface area contributed by atoms with Crippen molar-refractivity contribution in [3.05, 3.63) is 58.1 Å². The Labute approximate surface area is 163 Å². The summed E-state index contributed by atoms with van der Waals surface area (Å²) in [7, 11) is 3.61. The number of carbonyl (C=O) groups excluding carboxylic acids is 1. The molecule has 1 N–H and O–H groups in total. The highest BCUT2D eigenvalue weighted by molar-refractivity contribution is 5.97. The fraction of sp³-hybridized carbons (Fsp3) is 0.350. The SMILES string of the molecule is COc1ccc(Oc2ccc([N+](=O)[O-])cc2C(=O)NC2CCN(C)CC2)cc1. The van der Waals surface area contributed by atoms with Crippen LogP contribution < -0.4 is 14.8 Å². The molecular formula is C20H23N3O5. The Kier molecular flexibility index (Phi) is 6.10. The summed E-state index contributed by atoms with van der Waals surface area (Å²) in [6, 6.07) is 11.0. The third-order valence-electron chi connectivity index (χ3n) is 4.76. The molecule has 1 amide bonds. The third kappa shape index (κ3) is 4.77. The van der Waals surface area contributed by atoms with E-state index in [9.17, 15) is 14.9 Å². The summed E-state index contributed by atoms with van der Waals surface area (Å²) in [5, 5.41) is 14.1. The highest BCUT2D eigenvalue weighted by atomic mass is 16.6. The number of nitro benzene ring substituents is 1. The maximum atomic E-state index is 12.8. The van der Waals surface area contributed by atoms with E-state index in [0.717, 1.165) is 25.9 Å². The Bertz CT molecular complexity index is 845. The Balaban J connectivity index is 1.82. The predicted molar refractivity (Wildman–Crippen MR) is 104 cm³/mol. The van der Waals surface area contributed by atoms with Crippen molar-refractivity contribution in [2.75, 3.05) is 27.2 Å². The van der Waals surface area contributed by atoms with E-state index >= 15 is 0 Å². The van der Waals surface area contributed by atoms with Crippen LogP contribution in [0.2, 0.25) is 0 Å². The third-order valence-corrected chi connectivity index (χ3v) is 4.76. The average Bonchev–Trinajstić information content (AvgIpc) is 2.70. The molecule has 28 heavy (non-hydrogen) atoms. The number of nitrogens with zero attached hydrogens (tertiary/aromatic N) is 2. The van der Waals surface area contributed by atoms with E-state index in [-0.39, 0.29) is 28.9 Å². The molecule has 8 nitrogen and oxygen atoms in total. The molecule has 8 heteroatoms. The lowest BCUT2D eigenvalue weighted by molar-refractivity contribution is -0.384. The molecule has 148 valence electrons. The van der Waals surface area contributed by atoms with E-state index in [0.29, 0.717) is 11.5 Å². The van der Waals surface area contributed by atoms with Crippen LogP contribution in [0.15, 0.2) is 42.5 Å². The van der Waals surface area contributed by atoms with Crippen LogP contribution in [0, 0.1) is 10.1 Å². The molecule has 0 saturated carbocycles. The smallest absolute Gasteiger partial charge is 0.270 e. The van der Waals surface area contributed by atoms with Crippen LogP contribution in [-0.2, 0) is 0 Å². The number of methoxy groups -OCH3 is 1. The lowest BCUT2D eigenvalue weighted by Crippen LogP contribution is -2.43. The number of nitro groups is 1. The first-order valence-electron chi connectivity index (χ1n) is 9.06. The molecule has 0 bridgehead atoms. The van der Waals surface area contributed by atoms with Crippen molar-refractivity contribution in [3.63, 3.8) is 0 Å². The minimum atomic E-state index is -0.524. The van der Waals surface area contributed by atoms with Crippen molar-refractivity contribution in [3.8, 4) is 17.2 Å². The summed E-state index contributed by atoms with van der Waals surface area (Å²) in [4.78, 5) is 25.7. The molecule has 1 fully saturated rings. The van der Waals surface area contributed by atoms with Crippen molar-refractivity contribution in [1.82, 2.24) is 10.2 Å². The number of rotatable bonds is 6. The van der Waals surface area contributed by atoms with Gasteiger partial charge >= 0.3 is 0 Å². The quantitative estimate of drug-likeness (QED) is 0.606. The van der Waals surface area contributed by atoms with E-state index in [1.54, 1.807) is 31.4 Å². The van der Waals surface area contributed by atoms with Gasteiger partial charge in [-0.1, -0.05) is 0 Å². The number of carbonyl (C=O) groups is 1. The van der Waals surface area contributed by atoms with Crippen molar-refractivity contribution in [2.24, 2.45) is 0 Å². The molecular weight excluding hydrogens is 362 g/mol. The number of amides is 1.